The molecule has 3 nitrogen and oxygen atoms in total. The molecule has 0 aromatic heterocycles. The van der Waals surface area contributed by atoms with Crippen LogP contribution in [0.25, 0.3) is 0 Å². The van der Waals surface area contributed by atoms with E-state index in [4.69, 9.17) is 5.73 Å². The summed E-state index contributed by atoms with van der Waals surface area (Å²) in [6.07, 6.45) is 0.716. The highest BCUT2D eigenvalue weighted by Gasteiger charge is 2.18. The van der Waals surface area contributed by atoms with Crippen LogP contribution in [0.1, 0.15) is 34.1 Å². The first-order valence-electron chi connectivity index (χ1n) is 5.07. The second kappa shape index (κ2) is 5.97. The zero-order chi connectivity index (χ0) is 10.4. The first kappa shape index (κ1) is 12.4. The van der Waals surface area contributed by atoms with Crippen molar-refractivity contribution in [1.82, 2.24) is 4.90 Å². The molecule has 0 fully saturated rings. The number of hydrogen-bond donors (Lipinski definition) is 1. The summed E-state index contributed by atoms with van der Waals surface area (Å²) in [5.41, 5.74) is 5.68. The molecule has 0 heterocycles. The zero-order valence-electron chi connectivity index (χ0n) is 9.21. The minimum absolute atomic E-state index is 0.0821. The summed E-state index contributed by atoms with van der Waals surface area (Å²) in [6.45, 7) is 9.70. The van der Waals surface area contributed by atoms with Crippen LogP contribution in [-0.4, -0.2) is 29.9 Å². The maximum atomic E-state index is 11.6. The summed E-state index contributed by atoms with van der Waals surface area (Å²) >= 11 is 0. The van der Waals surface area contributed by atoms with E-state index in [9.17, 15) is 4.79 Å². The lowest BCUT2D eigenvalue weighted by Gasteiger charge is -2.25. The molecule has 1 unspecified atom stereocenters. The zero-order valence-corrected chi connectivity index (χ0v) is 9.21. The average Bonchev–Trinajstić information content (AvgIpc) is 2.11. The van der Waals surface area contributed by atoms with Crippen molar-refractivity contribution in [2.24, 2.45) is 11.7 Å². The number of rotatable bonds is 5. The SMILES string of the molecule is CCC(N)C(=O)N(CC)CC(C)C. The van der Waals surface area contributed by atoms with Crippen LogP contribution in [0.3, 0.4) is 0 Å². The Morgan fingerprint density at radius 1 is 1.38 bits per heavy atom. The van der Waals surface area contributed by atoms with Crippen molar-refractivity contribution in [2.45, 2.75) is 40.2 Å². The molecule has 0 aromatic rings. The van der Waals surface area contributed by atoms with E-state index in [1.54, 1.807) is 0 Å². The Kier molecular flexibility index (Phi) is 5.71. The van der Waals surface area contributed by atoms with E-state index in [-0.39, 0.29) is 11.9 Å². The van der Waals surface area contributed by atoms with Crippen molar-refractivity contribution in [3.8, 4) is 0 Å². The van der Waals surface area contributed by atoms with Gasteiger partial charge in [0, 0.05) is 13.1 Å². The lowest BCUT2D eigenvalue weighted by atomic mass is 10.1. The minimum atomic E-state index is -0.321. The lowest BCUT2D eigenvalue weighted by molar-refractivity contribution is -0.133. The van der Waals surface area contributed by atoms with Crippen molar-refractivity contribution in [2.75, 3.05) is 13.1 Å². The van der Waals surface area contributed by atoms with Gasteiger partial charge in [-0.25, -0.2) is 0 Å². The number of carbonyl (C=O) groups excluding carboxylic acids is 1. The summed E-state index contributed by atoms with van der Waals surface area (Å²) in [5, 5.41) is 0. The molecule has 0 spiro atoms. The largest absolute Gasteiger partial charge is 0.341 e. The van der Waals surface area contributed by atoms with Crippen molar-refractivity contribution in [3.63, 3.8) is 0 Å². The topological polar surface area (TPSA) is 46.3 Å². The molecule has 0 saturated carbocycles. The fourth-order valence-electron chi connectivity index (χ4n) is 1.22. The third-order valence-electron chi connectivity index (χ3n) is 2.04. The molecule has 13 heavy (non-hydrogen) atoms. The molecule has 78 valence electrons. The molecule has 0 saturated heterocycles. The smallest absolute Gasteiger partial charge is 0.239 e. The van der Waals surface area contributed by atoms with Crippen LogP contribution in [0.5, 0.6) is 0 Å². The van der Waals surface area contributed by atoms with Gasteiger partial charge in [0.25, 0.3) is 0 Å². The Morgan fingerprint density at radius 3 is 2.23 bits per heavy atom. The van der Waals surface area contributed by atoms with Gasteiger partial charge in [0.15, 0.2) is 0 Å². The van der Waals surface area contributed by atoms with Gasteiger partial charge in [-0.05, 0) is 19.3 Å². The second-order valence-corrected chi connectivity index (χ2v) is 3.79. The van der Waals surface area contributed by atoms with Crippen molar-refractivity contribution in [3.05, 3.63) is 0 Å². The second-order valence-electron chi connectivity index (χ2n) is 3.79. The quantitative estimate of drug-likeness (QED) is 0.702. The predicted molar refractivity (Wildman–Crippen MR) is 55.4 cm³/mol. The number of carbonyl (C=O) groups is 1. The Bertz CT molecular complexity index is 157. The Balaban J connectivity index is 4.14. The highest BCUT2D eigenvalue weighted by molar-refractivity contribution is 5.81. The van der Waals surface area contributed by atoms with Gasteiger partial charge in [0.05, 0.1) is 6.04 Å². The van der Waals surface area contributed by atoms with E-state index in [1.807, 2.05) is 18.7 Å². The molecule has 0 radical (unpaired) electrons. The summed E-state index contributed by atoms with van der Waals surface area (Å²) in [4.78, 5) is 13.5. The summed E-state index contributed by atoms with van der Waals surface area (Å²) in [7, 11) is 0. The molecule has 0 bridgehead atoms. The predicted octanol–water partition coefficient (Wildman–Crippen LogP) is 1.23. The summed E-state index contributed by atoms with van der Waals surface area (Å²) in [6, 6.07) is -0.321. The van der Waals surface area contributed by atoms with E-state index in [2.05, 4.69) is 13.8 Å². The maximum absolute atomic E-state index is 11.6. The number of nitrogens with two attached hydrogens (primary N) is 1. The number of likely N-dealkylation sites (N-methyl/N-ethyl adjacent to an activating group) is 1. The van der Waals surface area contributed by atoms with Crippen LogP contribution in [0, 0.1) is 5.92 Å². The Morgan fingerprint density at radius 2 is 1.92 bits per heavy atom. The first-order chi connectivity index (χ1) is 6.02. The molecule has 0 aliphatic rings. The molecular weight excluding hydrogens is 164 g/mol. The van der Waals surface area contributed by atoms with Crippen LogP contribution in [0.2, 0.25) is 0 Å². The van der Waals surface area contributed by atoms with E-state index < -0.39 is 0 Å². The Labute approximate surface area is 81.3 Å². The first-order valence-corrected chi connectivity index (χ1v) is 5.07. The Hall–Kier alpha value is -0.570. The molecule has 1 atom stereocenters. The van der Waals surface area contributed by atoms with Gasteiger partial charge in [-0.2, -0.15) is 0 Å². The van der Waals surface area contributed by atoms with Gasteiger partial charge >= 0.3 is 0 Å². The molecular formula is C10H22N2O. The normalized spacial score (nSPS) is 13.1. The third kappa shape index (κ3) is 4.27. The minimum Gasteiger partial charge on any atom is -0.341 e. The van der Waals surface area contributed by atoms with Crippen LogP contribution >= 0.6 is 0 Å². The summed E-state index contributed by atoms with van der Waals surface area (Å²) in [5.74, 6) is 0.589. The van der Waals surface area contributed by atoms with Gasteiger partial charge in [0.2, 0.25) is 5.91 Å². The van der Waals surface area contributed by atoms with Gasteiger partial charge in [0.1, 0.15) is 0 Å². The molecule has 0 aromatic carbocycles. The molecule has 2 N–H and O–H groups in total. The van der Waals surface area contributed by atoms with Gasteiger partial charge in [-0.1, -0.05) is 20.8 Å². The number of amides is 1. The van der Waals surface area contributed by atoms with E-state index >= 15 is 0 Å². The van der Waals surface area contributed by atoms with Gasteiger partial charge in [-0.15, -0.1) is 0 Å². The fourth-order valence-corrected chi connectivity index (χ4v) is 1.22. The van der Waals surface area contributed by atoms with Crippen molar-refractivity contribution < 1.29 is 4.79 Å². The monoisotopic (exact) mass is 186 g/mol. The number of hydrogen-bond acceptors (Lipinski definition) is 2. The lowest BCUT2D eigenvalue weighted by Crippen LogP contribution is -2.44. The molecule has 3 heteroatoms. The van der Waals surface area contributed by atoms with Crippen LogP contribution in [0.4, 0.5) is 0 Å². The van der Waals surface area contributed by atoms with Gasteiger partial charge in [-0.3, -0.25) is 4.79 Å². The van der Waals surface area contributed by atoms with Gasteiger partial charge < -0.3 is 10.6 Å². The average molecular weight is 186 g/mol. The van der Waals surface area contributed by atoms with Crippen molar-refractivity contribution >= 4 is 5.91 Å². The maximum Gasteiger partial charge on any atom is 0.239 e. The summed E-state index contributed by atoms with van der Waals surface area (Å²) < 4.78 is 0. The highest BCUT2D eigenvalue weighted by atomic mass is 16.2. The van der Waals surface area contributed by atoms with Crippen LogP contribution < -0.4 is 5.73 Å². The fraction of sp³-hybridized carbons (Fsp3) is 0.900. The molecule has 0 rings (SSSR count). The molecule has 0 aliphatic carbocycles. The van der Waals surface area contributed by atoms with Crippen LogP contribution in [0.15, 0.2) is 0 Å². The standard InChI is InChI=1S/C10H22N2O/c1-5-9(11)10(13)12(6-2)7-8(3)4/h8-9H,5-7,11H2,1-4H3. The number of nitrogens with zero attached hydrogens (tertiary/aromatic N) is 1. The van der Waals surface area contributed by atoms with Crippen LogP contribution in [-0.2, 0) is 4.79 Å². The van der Waals surface area contributed by atoms with E-state index in [1.165, 1.54) is 0 Å². The highest BCUT2D eigenvalue weighted by Crippen LogP contribution is 2.02. The van der Waals surface area contributed by atoms with E-state index in [0.717, 1.165) is 13.1 Å². The third-order valence-corrected chi connectivity index (χ3v) is 2.04. The molecule has 1 amide bonds. The van der Waals surface area contributed by atoms with Crippen molar-refractivity contribution in [1.29, 1.82) is 0 Å². The molecule has 0 aliphatic heterocycles. The van der Waals surface area contributed by atoms with E-state index in [0.29, 0.717) is 12.3 Å².